The first-order valence-corrected chi connectivity index (χ1v) is 19.2. The number of nitrogens with one attached hydrogen (secondary N) is 2. The first-order valence-electron chi connectivity index (χ1n) is 19.2. The van der Waals surface area contributed by atoms with Gasteiger partial charge in [-0.05, 0) is 86.6 Å². The summed E-state index contributed by atoms with van der Waals surface area (Å²) in [6, 6.07) is 10.4. The summed E-state index contributed by atoms with van der Waals surface area (Å²) in [6.07, 6.45) is 1.28. The Balaban J connectivity index is 1.43. The predicted octanol–water partition coefficient (Wildman–Crippen LogP) is 5.13. The molecule has 0 aromatic heterocycles. The zero-order chi connectivity index (χ0) is 39.0. The van der Waals surface area contributed by atoms with Crippen LogP contribution in [0.2, 0.25) is 0 Å². The number of benzene rings is 2. The van der Waals surface area contributed by atoms with Crippen LogP contribution in [0.25, 0.3) is 11.1 Å². The van der Waals surface area contributed by atoms with Gasteiger partial charge in [-0.3, -0.25) is 14.4 Å². The SMILES string of the molecule is COc1ccc(-c2cccc(CN3O[C@@H](CO)[C@H]([C@H](C)O)[C@H]3C(=O)NC3C[C@H]4C[C@H]([C@@H]3C)C4(C)C)c2OC)cc1C(=O)N[C@H](CN(C)C)CC(C)(C)C. The minimum Gasteiger partial charge on any atom is -0.496 e. The van der Waals surface area contributed by atoms with E-state index in [1.807, 2.05) is 44.4 Å². The second kappa shape index (κ2) is 16.3. The average Bonchev–Trinajstić information content (AvgIpc) is 3.46. The molecule has 2 bridgehead atoms. The number of hydrogen-bond donors (Lipinski definition) is 4. The first kappa shape index (κ1) is 41.0. The molecule has 9 atom stereocenters. The van der Waals surface area contributed by atoms with Crippen LogP contribution in [0.15, 0.2) is 36.4 Å². The molecule has 53 heavy (non-hydrogen) atoms. The number of rotatable bonds is 14. The van der Waals surface area contributed by atoms with Crippen molar-refractivity contribution in [2.75, 3.05) is 41.5 Å². The summed E-state index contributed by atoms with van der Waals surface area (Å²) < 4.78 is 11.7. The highest BCUT2D eigenvalue weighted by atomic mass is 16.7. The molecule has 2 aromatic carbocycles. The number of hydroxylamine groups is 2. The molecule has 2 amide bonds. The van der Waals surface area contributed by atoms with Crippen LogP contribution in [0, 0.1) is 34.5 Å². The molecular weight excluding hydrogens is 672 g/mol. The lowest BCUT2D eigenvalue weighted by atomic mass is 9.45. The van der Waals surface area contributed by atoms with Crippen LogP contribution in [0.4, 0.5) is 0 Å². The van der Waals surface area contributed by atoms with Crippen LogP contribution in [0.5, 0.6) is 11.5 Å². The zero-order valence-electron chi connectivity index (χ0n) is 33.7. The highest BCUT2D eigenvalue weighted by Gasteiger charge is 2.57. The number of carbonyl (C=O) groups is 2. The second-order valence-electron chi connectivity index (χ2n) is 17.8. The van der Waals surface area contributed by atoms with Crippen molar-refractivity contribution in [2.24, 2.45) is 34.5 Å². The molecule has 2 aromatic rings. The number of hydrogen-bond acceptors (Lipinski definition) is 9. The Kier molecular flexibility index (Phi) is 12.6. The van der Waals surface area contributed by atoms with Crippen molar-refractivity contribution in [1.82, 2.24) is 20.6 Å². The third kappa shape index (κ3) is 8.70. The summed E-state index contributed by atoms with van der Waals surface area (Å²) in [7, 11) is 7.15. The molecule has 1 unspecified atom stereocenters. The molecule has 11 nitrogen and oxygen atoms in total. The van der Waals surface area contributed by atoms with Crippen LogP contribution in [0.1, 0.15) is 83.7 Å². The predicted molar refractivity (Wildman–Crippen MR) is 206 cm³/mol. The van der Waals surface area contributed by atoms with Crippen LogP contribution in [-0.2, 0) is 16.2 Å². The van der Waals surface area contributed by atoms with Crippen molar-refractivity contribution in [3.63, 3.8) is 0 Å². The van der Waals surface area contributed by atoms with Gasteiger partial charge in [0.2, 0.25) is 5.91 Å². The van der Waals surface area contributed by atoms with E-state index >= 15 is 0 Å². The Morgan fingerprint density at radius 1 is 1.11 bits per heavy atom. The summed E-state index contributed by atoms with van der Waals surface area (Å²) in [5.74, 6) is 1.42. The molecule has 1 saturated heterocycles. The molecule has 3 saturated carbocycles. The fourth-order valence-corrected chi connectivity index (χ4v) is 9.49. The van der Waals surface area contributed by atoms with Gasteiger partial charge in [-0.2, -0.15) is 5.06 Å². The quantitative estimate of drug-likeness (QED) is 0.209. The third-order valence-corrected chi connectivity index (χ3v) is 12.2. The smallest absolute Gasteiger partial charge is 0.255 e. The topological polar surface area (TPSA) is 133 Å². The van der Waals surface area contributed by atoms with Crippen molar-refractivity contribution < 1.29 is 34.1 Å². The van der Waals surface area contributed by atoms with Crippen molar-refractivity contribution in [3.8, 4) is 22.6 Å². The summed E-state index contributed by atoms with van der Waals surface area (Å²) >= 11 is 0. The number of methoxy groups -OCH3 is 2. The number of fused-ring (bicyclic) bond motifs is 2. The Hall–Kier alpha value is -3.22. The second-order valence-corrected chi connectivity index (χ2v) is 17.8. The van der Waals surface area contributed by atoms with E-state index in [-0.39, 0.29) is 47.9 Å². The highest BCUT2D eigenvalue weighted by molar-refractivity contribution is 5.98. The van der Waals surface area contributed by atoms with E-state index in [4.69, 9.17) is 14.3 Å². The van der Waals surface area contributed by atoms with Crippen LogP contribution < -0.4 is 20.1 Å². The molecule has 6 rings (SSSR count). The lowest BCUT2D eigenvalue weighted by molar-refractivity contribution is -0.183. The van der Waals surface area contributed by atoms with E-state index in [2.05, 4.69) is 57.1 Å². The summed E-state index contributed by atoms with van der Waals surface area (Å²) in [5, 5.41) is 29.4. The molecule has 11 heteroatoms. The standard InChI is InChI=1S/C42H64N4O7/c1-24-32-18-28(42(32,6)7)19-33(24)44-40(50)37-36(25(2)48)35(23-47)53-46(37)21-27-13-12-14-30(38(27)52-11)26-15-16-34(51-10)31(17-26)39(49)43-29(22-45(8)9)20-41(3,4)5/h12-17,24-25,28-29,32-33,35-37,47-48H,18-23H2,1-11H3,(H,43,49)(H,44,50)/t24-,25-,28+,29-,32+,33?,35-,36-,37-/m0/s1. The maximum absolute atomic E-state index is 14.2. The lowest BCUT2D eigenvalue weighted by Gasteiger charge is -2.62. The fourth-order valence-electron chi connectivity index (χ4n) is 9.49. The minimum absolute atomic E-state index is 0.0185. The zero-order valence-corrected chi connectivity index (χ0v) is 33.7. The minimum atomic E-state index is -0.901. The van der Waals surface area contributed by atoms with E-state index in [1.165, 1.54) is 6.42 Å². The normalized spacial score (nSPS) is 27.8. The Morgan fingerprint density at radius 3 is 2.40 bits per heavy atom. The van der Waals surface area contributed by atoms with E-state index in [0.29, 0.717) is 41.4 Å². The average molecular weight is 737 g/mol. The van der Waals surface area contributed by atoms with Gasteiger partial charge in [-0.1, -0.05) is 65.8 Å². The van der Waals surface area contributed by atoms with Gasteiger partial charge in [-0.25, -0.2) is 0 Å². The van der Waals surface area contributed by atoms with Gasteiger partial charge in [0.1, 0.15) is 23.6 Å². The van der Waals surface area contributed by atoms with Gasteiger partial charge >= 0.3 is 0 Å². The van der Waals surface area contributed by atoms with Gasteiger partial charge in [0.15, 0.2) is 0 Å². The Labute approximate surface area is 316 Å². The van der Waals surface area contributed by atoms with Crippen molar-refractivity contribution in [3.05, 3.63) is 47.5 Å². The van der Waals surface area contributed by atoms with Crippen molar-refractivity contribution in [2.45, 2.75) is 105 Å². The monoisotopic (exact) mass is 736 g/mol. The molecule has 0 radical (unpaired) electrons. The number of likely N-dealkylation sites (N-methyl/N-ethyl adjacent to an activating group) is 1. The van der Waals surface area contributed by atoms with Crippen molar-refractivity contribution in [1.29, 1.82) is 0 Å². The van der Waals surface area contributed by atoms with Crippen molar-refractivity contribution >= 4 is 11.8 Å². The molecule has 294 valence electrons. The Morgan fingerprint density at radius 2 is 1.83 bits per heavy atom. The molecule has 4 N–H and O–H groups in total. The molecule has 1 aliphatic heterocycles. The number of amides is 2. The number of nitrogens with zero attached hydrogens (tertiary/aromatic N) is 2. The number of aliphatic hydroxyl groups is 2. The third-order valence-electron chi connectivity index (χ3n) is 12.2. The van der Waals surface area contributed by atoms with E-state index < -0.39 is 24.2 Å². The van der Waals surface area contributed by atoms with Crippen LogP contribution >= 0.6 is 0 Å². The number of para-hydroxylation sites is 1. The van der Waals surface area contributed by atoms with E-state index in [0.717, 1.165) is 29.5 Å². The van der Waals surface area contributed by atoms with E-state index in [9.17, 15) is 19.8 Å². The maximum atomic E-state index is 14.2. The van der Waals surface area contributed by atoms with Gasteiger partial charge in [0, 0.05) is 35.7 Å². The van der Waals surface area contributed by atoms with Crippen LogP contribution in [-0.4, -0.2) is 104 Å². The van der Waals surface area contributed by atoms with Gasteiger partial charge in [-0.15, -0.1) is 0 Å². The molecule has 4 fully saturated rings. The Bertz CT molecular complexity index is 1600. The van der Waals surface area contributed by atoms with Crippen LogP contribution in [0.3, 0.4) is 0 Å². The molecule has 4 aliphatic rings. The molecule has 3 aliphatic carbocycles. The highest BCUT2D eigenvalue weighted by Crippen LogP contribution is 2.61. The lowest BCUT2D eigenvalue weighted by Crippen LogP contribution is -2.62. The largest absolute Gasteiger partial charge is 0.496 e. The maximum Gasteiger partial charge on any atom is 0.255 e. The number of ether oxygens (including phenoxy) is 2. The summed E-state index contributed by atoms with van der Waals surface area (Å²) in [5.41, 5.74) is 2.98. The number of aliphatic hydroxyl groups excluding tert-OH is 2. The van der Waals surface area contributed by atoms with Gasteiger partial charge in [0.05, 0.1) is 39.0 Å². The van der Waals surface area contributed by atoms with Gasteiger partial charge < -0.3 is 35.2 Å². The molecule has 0 spiro atoms. The summed E-state index contributed by atoms with van der Waals surface area (Å²) in [4.78, 5) is 36.4. The molecule has 1 heterocycles. The fraction of sp³-hybridized carbons (Fsp3) is 0.667. The van der Waals surface area contributed by atoms with E-state index in [1.54, 1.807) is 32.3 Å². The summed E-state index contributed by atoms with van der Waals surface area (Å²) in [6.45, 7) is 15.6. The number of carbonyl (C=O) groups excluding carboxylic acids is 2. The molecular formula is C42H64N4O7. The first-order chi connectivity index (χ1) is 24.9. The van der Waals surface area contributed by atoms with Gasteiger partial charge in [0.25, 0.3) is 5.91 Å².